The maximum Gasteiger partial charge on any atom is -0.0348 e. The summed E-state index contributed by atoms with van der Waals surface area (Å²) in [6.45, 7) is 5.90. The molecule has 0 bridgehead atoms. The van der Waals surface area contributed by atoms with E-state index in [9.17, 15) is 0 Å². The Kier molecular flexibility index (Phi) is 15.5. The van der Waals surface area contributed by atoms with Crippen LogP contribution < -0.4 is 0 Å². The Bertz CT molecular complexity index is 210. The quantitative estimate of drug-likeness (QED) is 0.260. The van der Waals surface area contributed by atoms with Crippen molar-refractivity contribution in [1.29, 1.82) is 0 Å². The third kappa shape index (κ3) is 15.2. The first kappa shape index (κ1) is 17.2. The highest BCUT2D eigenvalue weighted by Gasteiger charge is 1.91. The average Bonchev–Trinajstić information content (AvgIpc) is 2.39. The van der Waals surface area contributed by atoms with Crippen molar-refractivity contribution in [3.05, 3.63) is 43.4 Å². The van der Waals surface area contributed by atoms with Gasteiger partial charge in [-0.15, -0.1) is 0 Å². The van der Waals surface area contributed by atoms with E-state index in [2.05, 4.69) is 32.1 Å². The zero-order chi connectivity index (χ0) is 13.3. The van der Waals surface area contributed by atoms with Gasteiger partial charge in [0, 0.05) is 0 Å². The van der Waals surface area contributed by atoms with Gasteiger partial charge in [0.1, 0.15) is 0 Å². The van der Waals surface area contributed by atoms with Crippen LogP contribution in [0.5, 0.6) is 0 Å². The summed E-state index contributed by atoms with van der Waals surface area (Å²) in [7, 11) is 0. The molecule has 0 fully saturated rings. The SMILES string of the molecule is C=C/C=C/C=CCCCCCC[CH]CCCCC. The van der Waals surface area contributed by atoms with E-state index >= 15 is 0 Å². The minimum Gasteiger partial charge on any atom is -0.0991 e. The predicted molar refractivity (Wildman–Crippen MR) is 84.6 cm³/mol. The van der Waals surface area contributed by atoms with Crippen LogP contribution in [-0.2, 0) is 0 Å². The monoisotopic (exact) mass is 247 g/mol. The lowest BCUT2D eigenvalue weighted by Crippen LogP contribution is -1.82. The van der Waals surface area contributed by atoms with Gasteiger partial charge in [-0.2, -0.15) is 0 Å². The van der Waals surface area contributed by atoms with Crippen LogP contribution in [0.15, 0.2) is 37.0 Å². The van der Waals surface area contributed by atoms with Gasteiger partial charge in [-0.25, -0.2) is 0 Å². The standard InChI is InChI=1S/C18H31/c1-3-5-7-9-11-13-15-17-18-16-14-12-10-8-6-4-2/h3,5,7,9,11-12H,1,4,6,8,10,13-18H2,2H3/b7-5+,11-9?. The fourth-order valence-corrected chi connectivity index (χ4v) is 1.90. The lowest BCUT2D eigenvalue weighted by atomic mass is 10.1. The van der Waals surface area contributed by atoms with Crippen molar-refractivity contribution in [3.8, 4) is 0 Å². The van der Waals surface area contributed by atoms with Crippen LogP contribution in [0, 0.1) is 6.42 Å². The molecule has 103 valence electrons. The first-order valence-electron chi connectivity index (χ1n) is 7.67. The smallest absolute Gasteiger partial charge is 0.0348 e. The van der Waals surface area contributed by atoms with E-state index in [1.165, 1.54) is 64.2 Å². The highest BCUT2D eigenvalue weighted by atomic mass is 14.0. The van der Waals surface area contributed by atoms with E-state index < -0.39 is 0 Å². The molecule has 18 heavy (non-hydrogen) atoms. The molecule has 0 nitrogen and oxygen atoms in total. The van der Waals surface area contributed by atoms with Crippen molar-refractivity contribution in [2.24, 2.45) is 0 Å². The molecule has 0 saturated carbocycles. The Balaban J connectivity index is 3.05. The molecule has 0 rings (SSSR count). The third-order valence-corrected chi connectivity index (χ3v) is 3.04. The summed E-state index contributed by atoms with van der Waals surface area (Å²) in [5, 5.41) is 0. The molecule has 0 aliphatic heterocycles. The summed E-state index contributed by atoms with van der Waals surface area (Å²) < 4.78 is 0. The largest absolute Gasteiger partial charge is 0.0991 e. The van der Waals surface area contributed by atoms with Gasteiger partial charge in [0.15, 0.2) is 0 Å². The first-order chi connectivity index (χ1) is 8.91. The number of unbranched alkanes of at least 4 members (excludes halogenated alkanes) is 10. The summed E-state index contributed by atoms with van der Waals surface area (Å²) in [6, 6.07) is 0. The molecule has 0 heteroatoms. The van der Waals surface area contributed by atoms with Crippen LogP contribution >= 0.6 is 0 Å². The molecular weight excluding hydrogens is 216 g/mol. The maximum absolute atomic E-state index is 3.64. The van der Waals surface area contributed by atoms with Gasteiger partial charge in [0.25, 0.3) is 0 Å². The summed E-state index contributed by atoms with van der Waals surface area (Å²) in [5.74, 6) is 0. The zero-order valence-corrected chi connectivity index (χ0v) is 12.2. The molecular formula is C18H31. The first-order valence-corrected chi connectivity index (χ1v) is 7.67. The molecule has 0 atom stereocenters. The summed E-state index contributed by atoms with van der Waals surface area (Å²) in [4.78, 5) is 0. The number of hydrogen-bond acceptors (Lipinski definition) is 0. The molecule has 0 aromatic carbocycles. The summed E-state index contributed by atoms with van der Waals surface area (Å²) in [5.41, 5.74) is 0. The molecule has 1 radical (unpaired) electrons. The Hall–Kier alpha value is -0.780. The van der Waals surface area contributed by atoms with E-state index in [1.807, 2.05) is 12.2 Å². The van der Waals surface area contributed by atoms with Gasteiger partial charge in [0.05, 0.1) is 0 Å². The van der Waals surface area contributed by atoms with E-state index in [4.69, 9.17) is 0 Å². The maximum atomic E-state index is 3.64. The summed E-state index contributed by atoms with van der Waals surface area (Å²) >= 11 is 0. The molecule has 0 N–H and O–H groups in total. The van der Waals surface area contributed by atoms with Crippen molar-refractivity contribution in [2.45, 2.75) is 71.1 Å². The number of rotatable bonds is 13. The van der Waals surface area contributed by atoms with Crippen LogP contribution in [0.2, 0.25) is 0 Å². The molecule has 0 spiro atoms. The minimum atomic E-state index is 1.21. The molecule has 0 aliphatic rings. The second-order valence-corrected chi connectivity index (χ2v) is 4.82. The van der Waals surface area contributed by atoms with Crippen LogP contribution in [0.4, 0.5) is 0 Å². The molecule has 0 unspecified atom stereocenters. The molecule has 0 aromatic heterocycles. The Labute approximate surface area is 115 Å². The van der Waals surface area contributed by atoms with Gasteiger partial charge in [0.2, 0.25) is 0 Å². The predicted octanol–water partition coefficient (Wildman–Crippen LogP) is 6.41. The highest BCUT2D eigenvalue weighted by molar-refractivity contribution is 5.08. The van der Waals surface area contributed by atoms with Crippen molar-refractivity contribution in [3.63, 3.8) is 0 Å². The average molecular weight is 247 g/mol. The van der Waals surface area contributed by atoms with Crippen molar-refractivity contribution in [1.82, 2.24) is 0 Å². The molecule has 0 amide bonds. The van der Waals surface area contributed by atoms with Crippen molar-refractivity contribution in [2.75, 3.05) is 0 Å². The van der Waals surface area contributed by atoms with Gasteiger partial charge >= 0.3 is 0 Å². The molecule has 0 aliphatic carbocycles. The van der Waals surface area contributed by atoms with E-state index in [1.54, 1.807) is 6.08 Å². The van der Waals surface area contributed by atoms with Gasteiger partial charge < -0.3 is 0 Å². The Morgan fingerprint density at radius 3 is 2.06 bits per heavy atom. The fourth-order valence-electron chi connectivity index (χ4n) is 1.90. The van der Waals surface area contributed by atoms with E-state index in [-0.39, 0.29) is 0 Å². The zero-order valence-electron chi connectivity index (χ0n) is 12.2. The van der Waals surface area contributed by atoms with E-state index in [0.29, 0.717) is 0 Å². The number of hydrogen-bond donors (Lipinski definition) is 0. The van der Waals surface area contributed by atoms with Crippen LogP contribution in [-0.4, -0.2) is 0 Å². The van der Waals surface area contributed by atoms with Crippen LogP contribution in [0.25, 0.3) is 0 Å². The second-order valence-electron chi connectivity index (χ2n) is 4.82. The Morgan fingerprint density at radius 1 is 0.722 bits per heavy atom. The lowest BCUT2D eigenvalue weighted by molar-refractivity contribution is 0.621. The fraction of sp³-hybridized carbons (Fsp3) is 0.611. The molecule has 0 aromatic rings. The van der Waals surface area contributed by atoms with Crippen LogP contribution in [0.1, 0.15) is 71.1 Å². The minimum absolute atomic E-state index is 1.21. The summed E-state index contributed by atoms with van der Waals surface area (Å²) in [6.07, 6.45) is 26.1. The number of allylic oxidation sites excluding steroid dienone is 5. The second kappa shape index (κ2) is 16.2. The third-order valence-electron chi connectivity index (χ3n) is 3.04. The molecule has 0 saturated heterocycles. The highest BCUT2D eigenvalue weighted by Crippen LogP contribution is 2.10. The lowest BCUT2D eigenvalue weighted by Gasteiger charge is -2.00. The van der Waals surface area contributed by atoms with Crippen LogP contribution in [0.3, 0.4) is 0 Å². The topological polar surface area (TPSA) is 0 Å². The van der Waals surface area contributed by atoms with Gasteiger partial charge in [-0.05, 0) is 19.3 Å². The normalized spacial score (nSPS) is 11.6. The van der Waals surface area contributed by atoms with Gasteiger partial charge in [-0.1, -0.05) is 95.2 Å². The Morgan fingerprint density at radius 2 is 1.39 bits per heavy atom. The van der Waals surface area contributed by atoms with Gasteiger partial charge in [-0.3, -0.25) is 0 Å². The molecule has 0 heterocycles. The van der Waals surface area contributed by atoms with Crippen molar-refractivity contribution < 1.29 is 0 Å². The van der Waals surface area contributed by atoms with E-state index in [0.717, 1.165) is 0 Å². The van der Waals surface area contributed by atoms with Crippen molar-refractivity contribution >= 4 is 0 Å².